The summed E-state index contributed by atoms with van der Waals surface area (Å²) in [6.45, 7) is 4.68. The molecule has 0 aromatic carbocycles. The second kappa shape index (κ2) is 6.68. The van der Waals surface area contributed by atoms with Gasteiger partial charge in [0, 0.05) is 24.0 Å². The van der Waals surface area contributed by atoms with Crippen LogP contribution in [-0.4, -0.2) is 23.6 Å². The molecule has 0 bridgehead atoms. The van der Waals surface area contributed by atoms with Crippen molar-refractivity contribution in [2.75, 3.05) is 5.75 Å². The molecule has 144 valence electrons. The molecule has 0 amide bonds. The van der Waals surface area contributed by atoms with Crippen LogP contribution < -0.4 is 0 Å². The lowest BCUT2D eigenvalue weighted by molar-refractivity contribution is -0.150. The zero-order valence-corrected chi connectivity index (χ0v) is 17.0. The molecule has 3 unspecified atom stereocenters. The maximum absolute atomic E-state index is 12.5. The summed E-state index contributed by atoms with van der Waals surface area (Å²) in [5.74, 6) is 2.89. The van der Waals surface area contributed by atoms with E-state index < -0.39 is 0 Å². The maximum Gasteiger partial charge on any atom is 0.306 e. The molecular formula is C22H32O3S. The summed E-state index contributed by atoms with van der Waals surface area (Å²) < 4.78 is 5.69. The summed E-state index contributed by atoms with van der Waals surface area (Å²) in [4.78, 5) is 24.3. The van der Waals surface area contributed by atoms with E-state index in [1.165, 1.54) is 12.0 Å². The van der Waals surface area contributed by atoms with Crippen molar-refractivity contribution < 1.29 is 14.3 Å². The fraction of sp³-hybridized carbons (Fsp3) is 0.818. The molecular weight excluding hydrogens is 344 g/mol. The zero-order valence-electron chi connectivity index (χ0n) is 16.1. The summed E-state index contributed by atoms with van der Waals surface area (Å²) in [7, 11) is 0. The van der Waals surface area contributed by atoms with Gasteiger partial charge in [-0.3, -0.25) is 9.59 Å². The number of esters is 1. The van der Waals surface area contributed by atoms with Crippen molar-refractivity contribution in [1.29, 1.82) is 0 Å². The number of hydrogen-bond acceptors (Lipinski definition) is 4. The van der Waals surface area contributed by atoms with Gasteiger partial charge in [-0.05, 0) is 61.7 Å². The molecule has 4 aliphatic carbocycles. The van der Waals surface area contributed by atoms with Crippen LogP contribution in [0.5, 0.6) is 0 Å². The van der Waals surface area contributed by atoms with Crippen molar-refractivity contribution in [3.05, 3.63) is 11.6 Å². The van der Waals surface area contributed by atoms with Crippen molar-refractivity contribution in [1.82, 2.24) is 0 Å². The molecule has 3 fully saturated rings. The molecule has 4 heteroatoms. The normalized spacial score (nSPS) is 44.6. The number of carbonyl (C=O) groups is 2. The van der Waals surface area contributed by atoms with Gasteiger partial charge in [-0.15, -0.1) is 0 Å². The summed E-state index contributed by atoms with van der Waals surface area (Å²) in [6, 6.07) is 0. The Morgan fingerprint density at radius 3 is 2.69 bits per heavy atom. The summed E-state index contributed by atoms with van der Waals surface area (Å²) in [6.07, 6.45) is 11.1. The van der Waals surface area contributed by atoms with Crippen molar-refractivity contribution in [2.24, 2.45) is 28.6 Å². The molecule has 4 aliphatic rings. The standard InChI is InChI=1S/C22H32O3S/c1-21-10-7-15(25-20(24)9-12-26)13-14(21)3-4-16-17-5-6-19(23)22(17,2)11-8-18(16)21/h3,15-18,26H,4-13H2,1-2H3/t15-,16?,17?,18?,21+,22+/m1/s1. The Morgan fingerprint density at radius 2 is 1.92 bits per heavy atom. The van der Waals surface area contributed by atoms with E-state index in [2.05, 4.69) is 32.6 Å². The van der Waals surface area contributed by atoms with E-state index in [9.17, 15) is 9.59 Å². The number of allylic oxidation sites excluding steroid dienone is 1. The quantitative estimate of drug-likeness (QED) is 0.439. The molecule has 0 heterocycles. The van der Waals surface area contributed by atoms with E-state index in [1.54, 1.807) is 0 Å². The number of Topliss-reactive ketones (excluding diaryl/α,β-unsaturated/α-hetero) is 1. The molecule has 3 nitrogen and oxygen atoms in total. The highest BCUT2D eigenvalue weighted by atomic mass is 32.1. The third-order valence-corrected chi connectivity index (χ3v) is 8.61. The first-order valence-electron chi connectivity index (χ1n) is 10.4. The van der Waals surface area contributed by atoms with Crippen LogP contribution >= 0.6 is 12.6 Å². The van der Waals surface area contributed by atoms with Gasteiger partial charge in [-0.1, -0.05) is 25.5 Å². The van der Waals surface area contributed by atoms with Crippen LogP contribution in [0, 0.1) is 28.6 Å². The van der Waals surface area contributed by atoms with Crippen LogP contribution in [-0.2, 0) is 14.3 Å². The van der Waals surface area contributed by atoms with Crippen molar-refractivity contribution in [2.45, 2.75) is 77.7 Å². The molecule has 0 N–H and O–H groups in total. The SMILES string of the molecule is C[C@]12CC[C@@H](OC(=O)CCS)CC1=CCC1C2CC[C@]2(C)C(=O)CCC12. The Morgan fingerprint density at radius 1 is 1.19 bits per heavy atom. The minimum absolute atomic E-state index is 0.0418. The van der Waals surface area contributed by atoms with Gasteiger partial charge in [0.05, 0.1) is 6.42 Å². The predicted octanol–water partition coefficient (Wildman–Crippen LogP) is 4.75. The topological polar surface area (TPSA) is 43.4 Å². The Hall–Kier alpha value is -0.770. The smallest absolute Gasteiger partial charge is 0.306 e. The highest BCUT2D eigenvalue weighted by Crippen LogP contribution is 2.64. The first-order chi connectivity index (χ1) is 12.4. The predicted molar refractivity (Wildman–Crippen MR) is 105 cm³/mol. The second-order valence-corrected chi connectivity index (χ2v) is 9.95. The minimum atomic E-state index is -0.110. The lowest BCUT2D eigenvalue weighted by Gasteiger charge is -2.56. The van der Waals surface area contributed by atoms with E-state index in [1.807, 2.05) is 0 Å². The Bertz CT molecular complexity index is 641. The van der Waals surface area contributed by atoms with Crippen LogP contribution in [0.15, 0.2) is 11.6 Å². The van der Waals surface area contributed by atoms with Gasteiger partial charge in [-0.25, -0.2) is 0 Å². The molecule has 0 aromatic heterocycles. The Labute approximate surface area is 162 Å². The van der Waals surface area contributed by atoms with Gasteiger partial charge in [-0.2, -0.15) is 12.6 Å². The van der Waals surface area contributed by atoms with Crippen LogP contribution in [0.25, 0.3) is 0 Å². The summed E-state index contributed by atoms with van der Waals surface area (Å²) in [5, 5.41) is 0. The second-order valence-electron chi connectivity index (χ2n) is 9.51. The van der Waals surface area contributed by atoms with E-state index in [0.29, 0.717) is 35.7 Å². The van der Waals surface area contributed by atoms with Gasteiger partial charge in [0.2, 0.25) is 0 Å². The maximum atomic E-state index is 12.5. The van der Waals surface area contributed by atoms with E-state index in [0.717, 1.165) is 44.9 Å². The molecule has 0 aliphatic heterocycles. The van der Waals surface area contributed by atoms with Gasteiger partial charge in [0.1, 0.15) is 11.9 Å². The number of carbonyl (C=O) groups excluding carboxylic acids is 2. The first kappa shape index (κ1) is 18.6. The summed E-state index contributed by atoms with van der Waals surface area (Å²) in [5.41, 5.74) is 1.70. The lowest BCUT2D eigenvalue weighted by atomic mass is 9.48. The number of ketones is 1. The Kier molecular flexibility index (Phi) is 4.78. The lowest BCUT2D eigenvalue weighted by Crippen LogP contribution is -2.50. The third kappa shape index (κ3) is 2.78. The number of hydrogen-bond donors (Lipinski definition) is 1. The van der Waals surface area contributed by atoms with Crippen LogP contribution in [0.3, 0.4) is 0 Å². The average molecular weight is 377 g/mol. The van der Waals surface area contributed by atoms with Gasteiger partial charge >= 0.3 is 5.97 Å². The first-order valence-corrected chi connectivity index (χ1v) is 11.0. The van der Waals surface area contributed by atoms with E-state index >= 15 is 0 Å². The van der Waals surface area contributed by atoms with Crippen molar-refractivity contribution in [3.63, 3.8) is 0 Å². The van der Waals surface area contributed by atoms with E-state index in [4.69, 9.17) is 4.74 Å². The third-order valence-electron chi connectivity index (χ3n) is 8.38. The molecule has 3 saturated carbocycles. The molecule has 0 radical (unpaired) electrons. The number of fused-ring (bicyclic) bond motifs is 5. The van der Waals surface area contributed by atoms with Gasteiger partial charge in [0.15, 0.2) is 0 Å². The fourth-order valence-corrected chi connectivity index (χ4v) is 7.02. The average Bonchev–Trinajstić information content (AvgIpc) is 2.91. The Balaban J connectivity index is 1.52. The minimum Gasteiger partial charge on any atom is -0.462 e. The number of thiol groups is 1. The number of ether oxygens (including phenoxy) is 1. The fourth-order valence-electron chi connectivity index (χ4n) is 6.84. The number of rotatable bonds is 3. The van der Waals surface area contributed by atoms with Crippen molar-refractivity contribution in [3.8, 4) is 0 Å². The van der Waals surface area contributed by atoms with Crippen LogP contribution in [0.1, 0.15) is 71.6 Å². The molecule has 4 rings (SSSR count). The monoisotopic (exact) mass is 376 g/mol. The highest BCUT2D eigenvalue weighted by Gasteiger charge is 2.58. The van der Waals surface area contributed by atoms with Crippen LogP contribution in [0.2, 0.25) is 0 Å². The molecule has 0 spiro atoms. The highest BCUT2D eigenvalue weighted by molar-refractivity contribution is 7.80. The van der Waals surface area contributed by atoms with E-state index in [-0.39, 0.29) is 22.9 Å². The summed E-state index contributed by atoms with van der Waals surface area (Å²) >= 11 is 4.12. The van der Waals surface area contributed by atoms with Gasteiger partial charge in [0.25, 0.3) is 0 Å². The van der Waals surface area contributed by atoms with Gasteiger partial charge < -0.3 is 4.74 Å². The molecule has 26 heavy (non-hydrogen) atoms. The molecule has 6 atom stereocenters. The molecule has 0 aromatic rings. The largest absolute Gasteiger partial charge is 0.462 e. The molecule has 0 saturated heterocycles. The van der Waals surface area contributed by atoms with Crippen LogP contribution in [0.4, 0.5) is 0 Å². The zero-order chi connectivity index (χ0) is 18.5. The van der Waals surface area contributed by atoms with Crippen molar-refractivity contribution >= 4 is 24.4 Å².